The van der Waals surface area contributed by atoms with Gasteiger partial charge in [-0.25, -0.2) is 8.42 Å². The molecule has 1 atom stereocenters. The summed E-state index contributed by atoms with van der Waals surface area (Å²) in [5, 5.41) is 0. The van der Waals surface area contributed by atoms with Gasteiger partial charge in [0.15, 0.2) is 0 Å². The summed E-state index contributed by atoms with van der Waals surface area (Å²) in [6.45, 7) is 3.75. The molecule has 27 heavy (non-hydrogen) atoms. The molecule has 146 valence electrons. The Balaban J connectivity index is 1.36. The molecule has 1 saturated carbocycles. The first-order chi connectivity index (χ1) is 12.9. The molecule has 2 saturated heterocycles. The van der Waals surface area contributed by atoms with E-state index in [9.17, 15) is 18.0 Å². The lowest BCUT2D eigenvalue weighted by molar-refractivity contribution is -0.137. The molecule has 0 N–H and O–H groups in total. The summed E-state index contributed by atoms with van der Waals surface area (Å²) in [4.78, 5) is 28.7. The number of benzene rings is 1. The highest BCUT2D eigenvalue weighted by Crippen LogP contribution is 2.33. The van der Waals surface area contributed by atoms with Crippen LogP contribution in [-0.2, 0) is 19.6 Å². The Morgan fingerprint density at radius 2 is 1.67 bits per heavy atom. The van der Waals surface area contributed by atoms with Gasteiger partial charge in [0.2, 0.25) is 21.8 Å². The van der Waals surface area contributed by atoms with Crippen molar-refractivity contribution >= 4 is 21.8 Å². The quantitative estimate of drug-likeness (QED) is 0.762. The molecule has 1 aromatic rings. The Bertz CT molecular complexity index is 840. The number of carbonyl (C=O) groups is 2. The maximum atomic E-state index is 12.8. The van der Waals surface area contributed by atoms with Crippen molar-refractivity contribution in [3.8, 4) is 0 Å². The van der Waals surface area contributed by atoms with Crippen molar-refractivity contribution in [2.75, 3.05) is 32.7 Å². The van der Waals surface area contributed by atoms with Gasteiger partial charge in [-0.3, -0.25) is 9.59 Å². The average molecular weight is 391 g/mol. The van der Waals surface area contributed by atoms with Gasteiger partial charge < -0.3 is 9.80 Å². The van der Waals surface area contributed by atoms with Crippen LogP contribution < -0.4 is 0 Å². The van der Waals surface area contributed by atoms with Crippen LogP contribution >= 0.6 is 0 Å². The number of piperazine rings is 1. The molecule has 2 heterocycles. The molecule has 8 heteroatoms. The minimum absolute atomic E-state index is 0.0149. The minimum atomic E-state index is -3.53. The molecule has 7 nitrogen and oxygen atoms in total. The third kappa shape index (κ3) is 3.60. The molecular weight excluding hydrogens is 366 g/mol. The lowest BCUT2D eigenvalue weighted by atomic mass is 10.1. The third-order valence-corrected chi connectivity index (χ3v) is 7.62. The largest absolute Gasteiger partial charge is 0.340 e. The lowest BCUT2D eigenvalue weighted by Gasteiger charge is -2.35. The number of hydrogen-bond acceptors (Lipinski definition) is 4. The first-order valence-electron chi connectivity index (χ1n) is 9.51. The van der Waals surface area contributed by atoms with Crippen LogP contribution in [0.15, 0.2) is 29.2 Å². The summed E-state index contributed by atoms with van der Waals surface area (Å²) in [7, 11) is -3.53. The van der Waals surface area contributed by atoms with Crippen LogP contribution in [0, 0.1) is 12.8 Å². The first-order valence-corrected chi connectivity index (χ1v) is 11.0. The highest BCUT2D eigenvalue weighted by Gasteiger charge is 2.43. The second-order valence-corrected chi connectivity index (χ2v) is 9.66. The zero-order valence-corrected chi connectivity index (χ0v) is 16.3. The molecule has 2 aliphatic heterocycles. The van der Waals surface area contributed by atoms with Crippen molar-refractivity contribution in [2.24, 2.45) is 5.92 Å². The van der Waals surface area contributed by atoms with Crippen molar-refractivity contribution < 1.29 is 18.0 Å². The SMILES string of the molecule is Cc1ccc(S(=O)(=O)N2CCN(C(=O)C3CC(=O)N(C4CC4)C3)CC2)cc1. The van der Waals surface area contributed by atoms with Crippen molar-refractivity contribution in [3.05, 3.63) is 29.8 Å². The molecule has 0 radical (unpaired) electrons. The molecular formula is C19H25N3O4S. The highest BCUT2D eigenvalue weighted by atomic mass is 32.2. The van der Waals surface area contributed by atoms with Gasteiger partial charge in [0.05, 0.1) is 10.8 Å². The van der Waals surface area contributed by atoms with E-state index in [1.807, 2.05) is 11.8 Å². The summed E-state index contributed by atoms with van der Waals surface area (Å²) < 4.78 is 27.0. The van der Waals surface area contributed by atoms with E-state index in [1.165, 1.54) is 4.31 Å². The first kappa shape index (κ1) is 18.4. The summed E-state index contributed by atoms with van der Waals surface area (Å²) in [6.07, 6.45) is 2.38. The van der Waals surface area contributed by atoms with Gasteiger partial charge in [0.25, 0.3) is 0 Å². The van der Waals surface area contributed by atoms with E-state index in [-0.39, 0.29) is 42.1 Å². The van der Waals surface area contributed by atoms with E-state index < -0.39 is 10.0 Å². The number of hydrogen-bond donors (Lipinski definition) is 0. The van der Waals surface area contributed by atoms with Crippen LogP contribution in [0.3, 0.4) is 0 Å². The molecule has 1 unspecified atom stereocenters. The second-order valence-electron chi connectivity index (χ2n) is 7.72. The van der Waals surface area contributed by atoms with Crippen LogP contribution in [0.2, 0.25) is 0 Å². The molecule has 3 fully saturated rings. The fourth-order valence-electron chi connectivity index (χ4n) is 3.90. The van der Waals surface area contributed by atoms with Crippen molar-refractivity contribution in [1.29, 1.82) is 0 Å². The van der Waals surface area contributed by atoms with Crippen LogP contribution in [0.4, 0.5) is 0 Å². The molecule has 0 spiro atoms. The maximum Gasteiger partial charge on any atom is 0.243 e. The Morgan fingerprint density at radius 1 is 1.04 bits per heavy atom. The van der Waals surface area contributed by atoms with Crippen LogP contribution in [0.25, 0.3) is 0 Å². The van der Waals surface area contributed by atoms with E-state index in [4.69, 9.17) is 0 Å². The number of rotatable bonds is 4. The highest BCUT2D eigenvalue weighted by molar-refractivity contribution is 7.89. The summed E-state index contributed by atoms with van der Waals surface area (Å²) in [5.41, 5.74) is 1.01. The van der Waals surface area contributed by atoms with Gasteiger partial charge in [0.1, 0.15) is 0 Å². The Hall–Kier alpha value is -1.93. The Kier molecular flexibility index (Phi) is 4.71. The van der Waals surface area contributed by atoms with Crippen LogP contribution in [-0.4, -0.2) is 73.1 Å². The van der Waals surface area contributed by atoms with Gasteiger partial charge >= 0.3 is 0 Å². The number of amides is 2. The van der Waals surface area contributed by atoms with Gasteiger partial charge in [-0.2, -0.15) is 4.31 Å². The fraction of sp³-hybridized carbons (Fsp3) is 0.579. The fourth-order valence-corrected chi connectivity index (χ4v) is 5.32. The van der Waals surface area contributed by atoms with Gasteiger partial charge in [-0.15, -0.1) is 0 Å². The van der Waals surface area contributed by atoms with Crippen molar-refractivity contribution in [1.82, 2.24) is 14.1 Å². The third-order valence-electron chi connectivity index (χ3n) is 5.70. The minimum Gasteiger partial charge on any atom is -0.340 e. The number of sulfonamides is 1. The lowest BCUT2D eigenvalue weighted by Crippen LogP contribution is -2.52. The summed E-state index contributed by atoms with van der Waals surface area (Å²) >= 11 is 0. The molecule has 4 rings (SSSR count). The van der Waals surface area contributed by atoms with E-state index in [0.717, 1.165) is 18.4 Å². The molecule has 2 amide bonds. The van der Waals surface area contributed by atoms with E-state index in [0.29, 0.717) is 25.7 Å². The Morgan fingerprint density at radius 3 is 2.26 bits per heavy atom. The van der Waals surface area contributed by atoms with Gasteiger partial charge in [0, 0.05) is 45.2 Å². The predicted octanol–water partition coefficient (Wildman–Crippen LogP) is 0.839. The number of carbonyl (C=O) groups excluding carboxylic acids is 2. The molecule has 0 bridgehead atoms. The van der Waals surface area contributed by atoms with Crippen LogP contribution in [0.1, 0.15) is 24.8 Å². The molecule has 3 aliphatic rings. The second kappa shape index (κ2) is 6.91. The van der Waals surface area contributed by atoms with Gasteiger partial charge in [-0.05, 0) is 31.9 Å². The predicted molar refractivity (Wildman–Crippen MR) is 99.4 cm³/mol. The monoisotopic (exact) mass is 391 g/mol. The standard InChI is InChI=1S/C19H25N3O4S/c1-14-2-6-17(7-3-14)27(25,26)21-10-8-20(9-11-21)19(24)15-12-18(23)22(13-15)16-4-5-16/h2-3,6-7,15-16H,4-5,8-13H2,1H3. The average Bonchev–Trinajstić information content (AvgIpc) is 3.43. The van der Waals surface area contributed by atoms with Crippen molar-refractivity contribution in [2.45, 2.75) is 37.1 Å². The maximum absolute atomic E-state index is 12.8. The zero-order chi connectivity index (χ0) is 19.2. The van der Waals surface area contributed by atoms with E-state index >= 15 is 0 Å². The van der Waals surface area contributed by atoms with E-state index in [2.05, 4.69) is 0 Å². The topological polar surface area (TPSA) is 78.0 Å². The summed E-state index contributed by atoms with van der Waals surface area (Å²) in [6, 6.07) is 7.16. The molecule has 1 aromatic carbocycles. The smallest absolute Gasteiger partial charge is 0.243 e. The Labute approximate surface area is 160 Å². The summed E-state index contributed by atoms with van der Waals surface area (Å²) in [5.74, 6) is -0.214. The number of nitrogens with zero attached hydrogens (tertiary/aromatic N) is 3. The van der Waals surface area contributed by atoms with Gasteiger partial charge in [-0.1, -0.05) is 17.7 Å². The van der Waals surface area contributed by atoms with Crippen molar-refractivity contribution in [3.63, 3.8) is 0 Å². The normalized spacial score (nSPS) is 24.5. The number of aryl methyl sites for hydroxylation is 1. The zero-order valence-electron chi connectivity index (χ0n) is 15.5. The molecule has 1 aliphatic carbocycles. The van der Waals surface area contributed by atoms with Crippen LogP contribution in [0.5, 0.6) is 0 Å². The van der Waals surface area contributed by atoms with E-state index in [1.54, 1.807) is 29.2 Å². The molecule has 0 aromatic heterocycles. The number of likely N-dealkylation sites (tertiary alicyclic amines) is 1.